The molecule has 1 aromatic carbocycles. The quantitative estimate of drug-likeness (QED) is 0.455. The Hall–Kier alpha value is -2.52. The van der Waals surface area contributed by atoms with Crippen LogP contribution < -0.4 is 21.5 Å². The monoisotopic (exact) mass is 373 g/mol. The van der Waals surface area contributed by atoms with E-state index >= 15 is 0 Å². The van der Waals surface area contributed by atoms with Gasteiger partial charge >= 0.3 is 0 Å². The van der Waals surface area contributed by atoms with Crippen LogP contribution in [0.15, 0.2) is 24.3 Å². The van der Waals surface area contributed by atoms with Crippen LogP contribution in [0.5, 0.6) is 0 Å². The van der Waals surface area contributed by atoms with Crippen LogP contribution in [0.1, 0.15) is 32.1 Å². The first kappa shape index (κ1) is 17.9. The van der Waals surface area contributed by atoms with Crippen molar-refractivity contribution in [3.63, 3.8) is 0 Å². The van der Waals surface area contributed by atoms with Gasteiger partial charge in [-0.25, -0.2) is 5.43 Å². The zero-order valence-corrected chi connectivity index (χ0v) is 14.8. The van der Waals surface area contributed by atoms with Crippen LogP contribution in [-0.2, 0) is 9.59 Å². The van der Waals surface area contributed by atoms with Gasteiger partial charge in [0, 0.05) is 47.0 Å². The lowest BCUT2D eigenvalue weighted by Gasteiger charge is -2.28. The molecule has 2 saturated carbocycles. The molecule has 3 fully saturated rings. The Morgan fingerprint density at radius 3 is 2.19 bits per heavy atom. The molecule has 9 heteroatoms. The highest BCUT2D eigenvalue weighted by Crippen LogP contribution is 2.32. The first-order chi connectivity index (χ1) is 13.0. The van der Waals surface area contributed by atoms with Crippen molar-refractivity contribution in [1.82, 2.24) is 10.9 Å². The van der Waals surface area contributed by atoms with E-state index in [9.17, 15) is 19.7 Å². The topological polar surface area (TPSA) is 125 Å². The van der Waals surface area contributed by atoms with E-state index in [0.717, 1.165) is 12.8 Å². The van der Waals surface area contributed by atoms with Crippen molar-refractivity contribution in [2.45, 2.75) is 50.2 Å². The van der Waals surface area contributed by atoms with Gasteiger partial charge in [0.15, 0.2) is 0 Å². The summed E-state index contributed by atoms with van der Waals surface area (Å²) in [5, 5.41) is 16.8. The number of carbonyl (C=O) groups is 2. The fourth-order valence-corrected chi connectivity index (χ4v) is 3.93. The maximum Gasteiger partial charge on any atom is 0.243 e. The van der Waals surface area contributed by atoms with Gasteiger partial charge in [0.2, 0.25) is 17.9 Å². The number of hydrogen-bond donors (Lipinski definition) is 4. The molecule has 3 aliphatic rings. The van der Waals surface area contributed by atoms with Crippen LogP contribution >= 0.6 is 0 Å². The number of hydrazine groups is 1. The average molecular weight is 373 g/mol. The molecular weight excluding hydrogens is 350 g/mol. The lowest BCUT2D eigenvalue weighted by atomic mass is 9.79. The normalized spacial score (nSPS) is 29.6. The smallest absolute Gasteiger partial charge is 0.243 e. The lowest BCUT2D eigenvalue weighted by molar-refractivity contribution is -0.528. The number of hydrogen-bond acceptors (Lipinski definition) is 6. The molecule has 4 atom stereocenters. The van der Waals surface area contributed by atoms with Crippen molar-refractivity contribution >= 4 is 23.2 Å². The number of nitro groups is 1. The molecule has 4 unspecified atom stereocenters. The zero-order chi connectivity index (χ0) is 19.0. The molecule has 0 spiro atoms. The number of fused-ring (bicyclic) bond motifs is 1. The number of benzene rings is 1. The highest BCUT2D eigenvalue weighted by molar-refractivity contribution is 5.96. The first-order valence-corrected chi connectivity index (χ1v) is 9.37. The van der Waals surface area contributed by atoms with E-state index in [0.29, 0.717) is 30.6 Å². The maximum atomic E-state index is 12.7. The molecule has 144 valence electrons. The number of rotatable bonds is 5. The van der Waals surface area contributed by atoms with Crippen LogP contribution in [-0.4, -0.2) is 34.9 Å². The molecule has 2 amide bonds. The fraction of sp³-hybridized carbons (Fsp3) is 0.556. The van der Waals surface area contributed by atoms with Crippen molar-refractivity contribution in [2.24, 2.45) is 11.8 Å². The number of nitrogens with zero attached hydrogens (tertiary/aromatic N) is 1. The van der Waals surface area contributed by atoms with Gasteiger partial charge in [-0.2, -0.15) is 0 Å². The molecule has 4 rings (SSSR count). The van der Waals surface area contributed by atoms with E-state index in [-0.39, 0.29) is 34.6 Å². The van der Waals surface area contributed by atoms with E-state index in [1.165, 1.54) is 0 Å². The summed E-state index contributed by atoms with van der Waals surface area (Å²) < 4.78 is 0. The predicted octanol–water partition coefficient (Wildman–Crippen LogP) is 1.26. The predicted molar refractivity (Wildman–Crippen MR) is 98.4 cm³/mol. The largest absolute Gasteiger partial charge is 0.326 e. The van der Waals surface area contributed by atoms with Gasteiger partial charge in [-0.15, -0.1) is 0 Å². The maximum absolute atomic E-state index is 12.7. The first-order valence-electron chi connectivity index (χ1n) is 9.37. The Morgan fingerprint density at radius 2 is 1.59 bits per heavy atom. The summed E-state index contributed by atoms with van der Waals surface area (Å²) in [4.78, 5) is 35.3. The van der Waals surface area contributed by atoms with Crippen LogP contribution in [0, 0.1) is 22.0 Å². The summed E-state index contributed by atoms with van der Waals surface area (Å²) in [6.45, 7) is 0. The fourth-order valence-electron chi connectivity index (χ4n) is 3.93. The van der Waals surface area contributed by atoms with E-state index in [4.69, 9.17) is 0 Å². The molecule has 0 aromatic heterocycles. The van der Waals surface area contributed by atoms with Crippen LogP contribution in [0.25, 0.3) is 0 Å². The van der Waals surface area contributed by atoms with Gasteiger partial charge < -0.3 is 10.6 Å². The molecular formula is C18H23N5O4. The number of anilines is 2. The Kier molecular flexibility index (Phi) is 4.79. The second-order valence-electron chi connectivity index (χ2n) is 7.62. The van der Waals surface area contributed by atoms with Gasteiger partial charge in [0.25, 0.3) is 0 Å². The van der Waals surface area contributed by atoms with Crippen LogP contribution in [0.2, 0.25) is 0 Å². The van der Waals surface area contributed by atoms with E-state index in [2.05, 4.69) is 21.5 Å². The van der Waals surface area contributed by atoms with Crippen molar-refractivity contribution in [2.75, 3.05) is 10.6 Å². The summed E-state index contributed by atoms with van der Waals surface area (Å²) in [6.07, 6.45) is 3.50. The van der Waals surface area contributed by atoms with E-state index < -0.39 is 12.1 Å². The Labute approximate surface area is 156 Å². The molecule has 2 aliphatic carbocycles. The molecule has 1 saturated heterocycles. The van der Waals surface area contributed by atoms with Crippen molar-refractivity contribution in [3.05, 3.63) is 34.4 Å². The minimum Gasteiger partial charge on any atom is -0.326 e. The Bertz CT molecular complexity index is 749. The summed E-state index contributed by atoms with van der Waals surface area (Å²) in [5.74, 6) is -0.145. The molecule has 0 bridgehead atoms. The average Bonchev–Trinajstić information content (AvgIpc) is 3.42. The molecule has 1 aliphatic heterocycles. The number of amides is 2. The third-order valence-electron chi connectivity index (χ3n) is 5.67. The highest BCUT2D eigenvalue weighted by atomic mass is 16.6. The SMILES string of the molecule is O=C(Nc1ccc(NC(=O)C2NNC3CCC([N+](=O)[O-])CC32)cc1)C1CC1. The third-order valence-corrected chi connectivity index (χ3v) is 5.67. The minimum atomic E-state index is -0.586. The van der Waals surface area contributed by atoms with Crippen molar-refractivity contribution in [3.8, 4) is 0 Å². The molecule has 4 N–H and O–H groups in total. The summed E-state index contributed by atoms with van der Waals surface area (Å²) in [5.41, 5.74) is 7.42. The van der Waals surface area contributed by atoms with Gasteiger partial charge in [0.05, 0.1) is 0 Å². The van der Waals surface area contributed by atoms with E-state index in [1.807, 2.05) is 0 Å². The Balaban J connectivity index is 1.35. The molecule has 1 aromatic rings. The molecule has 27 heavy (non-hydrogen) atoms. The zero-order valence-electron chi connectivity index (χ0n) is 14.8. The third kappa shape index (κ3) is 3.93. The van der Waals surface area contributed by atoms with Gasteiger partial charge in [-0.3, -0.25) is 25.1 Å². The molecule has 1 heterocycles. The lowest BCUT2D eigenvalue weighted by Crippen LogP contribution is -2.44. The second-order valence-corrected chi connectivity index (χ2v) is 7.62. The summed E-state index contributed by atoms with van der Waals surface area (Å²) in [7, 11) is 0. The van der Waals surface area contributed by atoms with Gasteiger partial charge in [0.1, 0.15) is 6.04 Å². The van der Waals surface area contributed by atoms with Gasteiger partial charge in [-0.1, -0.05) is 0 Å². The van der Waals surface area contributed by atoms with Gasteiger partial charge in [-0.05, 0) is 43.5 Å². The minimum absolute atomic E-state index is 0.0386. The second kappa shape index (κ2) is 7.24. The Morgan fingerprint density at radius 1 is 0.963 bits per heavy atom. The highest BCUT2D eigenvalue weighted by Gasteiger charge is 2.46. The van der Waals surface area contributed by atoms with E-state index in [1.54, 1.807) is 24.3 Å². The van der Waals surface area contributed by atoms with Crippen LogP contribution in [0.3, 0.4) is 0 Å². The van der Waals surface area contributed by atoms with Crippen molar-refractivity contribution in [1.29, 1.82) is 0 Å². The summed E-state index contributed by atoms with van der Waals surface area (Å²) >= 11 is 0. The number of carbonyl (C=O) groups excluding carboxylic acids is 2. The summed E-state index contributed by atoms with van der Waals surface area (Å²) in [6, 6.07) is 5.97. The molecule has 9 nitrogen and oxygen atoms in total. The molecule has 0 radical (unpaired) electrons. The number of nitrogens with one attached hydrogen (secondary N) is 4. The van der Waals surface area contributed by atoms with Crippen LogP contribution in [0.4, 0.5) is 11.4 Å². The standard InChI is InChI=1S/C18H23N5O4/c24-17(10-1-2-10)19-11-3-5-12(6-4-11)20-18(25)16-14-9-13(23(26)27)7-8-15(14)21-22-16/h3-6,10,13-16,21-22H,1-2,7-9H2,(H,19,24)(H,20,25). The van der Waals surface area contributed by atoms with Crippen molar-refractivity contribution < 1.29 is 14.5 Å².